The summed E-state index contributed by atoms with van der Waals surface area (Å²) in [5, 5.41) is 6.08. The highest BCUT2D eigenvalue weighted by Crippen LogP contribution is 2.27. The zero-order chi connectivity index (χ0) is 17.8. The predicted molar refractivity (Wildman–Crippen MR) is 96.7 cm³/mol. The van der Waals surface area contributed by atoms with E-state index in [1.165, 1.54) is 0 Å². The zero-order valence-corrected chi connectivity index (χ0v) is 15.4. The molecule has 0 unspecified atom stereocenters. The van der Waals surface area contributed by atoms with E-state index in [9.17, 15) is 4.79 Å². The van der Waals surface area contributed by atoms with Gasteiger partial charge in [0.15, 0.2) is 11.5 Å². The number of nitrogens with one attached hydrogen (secondary N) is 2. The molecular weight excluding hydrogens is 306 g/mol. The molecular formula is C18H31N3O3. The summed E-state index contributed by atoms with van der Waals surface area (Å²) in [6, 6.07) is 5.63. The quantitative estimate of drug-likeness (QED) is 0.568. The lowest BCUT2D eigenvalue weighted by molar-refractivity contribution is -0.120. The van der Waals surface area contributed by atoms with Crippen molar-refractivity contribution in [1.82, 2.24) is 15.5 Å². The second-order valence-electron chi connectivity index (χ2n) is 5.52. The van der Waals surface area contributed by atoms with E-state index in [0.717, 1.165) is 38.2 Å². The highest BCUT2D eigenvalue weighted by molar-refractivity contribution is 5.77. The molecule has 0 atom stereocenters. The summed E-state index contributed by atoms with van der Waals surface area (Å²) in [7, 11) is 3.20. The van der Waals surface area contributed by atoms with Gasteiger partial charge in [0, 0.05) is 6.54 Å². The molecule has 6 nitrogen and oxygen atoms in total. The molecule has 2 N–H and O–H groups in total. The van der Waals surface area contributed by atoms with Crippen molar-refractivity contribution < 1.29 is 14.3 Å². The summed E-state index contributed by atoms with van der Waals surface area (Å²) in [4.78, 5) is 14.2. The van der Waals surface area contributed by atoms with E-state index in [2.05, 4.69) is 29.4 Å². The first kappa shape index (κ1) is 20.3. The van der Waals surface area contributed by atoms with Crippen LogP contribution >= 0.6 is 0 Å². The van der Waals surface area contributed by atoms with Crippen molar-refractivity contribution in [3.8, 4) is 11.5 Å². The van der Waals surface area contributed by atoms with Gasteiger partial charge < -0.3 is 25.0 Å². The number of hydrogen-bond acceptors (Lipinski definition) is 5. The Morgan fingerprint density at radius 1 is 1.12 bits per heavy atom. The van der Waals surface area contributed by atoms with Crippen molar-refractivity contribution in [2.24, 2.45) is 0 Å². The Kier molecular flexibility index (Phi) is 9.88. The average molecular weight is 337 g/mol. The number of nitrogens with zero attached hydrogens (tertiary/aromatic N) is 1. The summed E-state index contributed by atoms with van der Waals surface area (Å²) in [6.07, 6.45) is 1.05. The van der Waals surface area contributed by atoms with E-state index in [1.54, 1.807) is 14.2 Å². The molecule has 0 spiro atoms. The normalized spacial score (nSPS) is 10.7. The Morgan fingerprint density at radius 2 is 1.83 bits per heavy atom. The molecule has 1 amide bonds. The number of benzene rings is 1. The van der Waals surface area contributed by atoms with Gasteiger partial charge in [0.05, 0.1) is 20.8 Å². The van der Waals surface area contributed by atoms with Crippen LogP contribution in [-0.4, -0.2) is 57.8 Å². The first-order valence-electron chi connectivity index (χ1n) is 8.55. The van der Waals surface area contributed by atoms with Crippen molar-refractivity contribution in [2.75, 3.05) is 46.9 Å². The van der Waals surface area contributed by atoms with E-state index in [1.807, 2.05) is 18.2 Å². The summed E-state index contributed by atoms with van der Waals surface area (Å²) in [6.45, 7) is 9.20. The van der Waals surface area contributed by atoms with Gasteiger partial charge in [-0.1, -0.05) is 19.9 Å². The van der Waals surface area contributed by atoms with Crippen LogP contribution in [0.3, 0.4) is 0 Å². The molecule has 24 heavy (non-hydrogen) atoms. The Hall–Kier alpha value is -1.79. The second kappa shape index (κ2) is 11.7. The number of methoxy groups -OCH3 is 2. The fraction of sp³-hybridized carbons (Fsp3) is 0.611. The van der Waals surface area contributed by atoms with E-state index >= 15 is 0 Å². The number of ether oxygens (including phenoxy) is 2. The predicted octanol–water partition coefficient (Wildman–Crippen LogP) is 1.64. The maximum atomic E-state index is 11.9. The third-order valence-electron chi connectivity index (χ3n) is 3.95. The van der Waals surface area contributed by atoms with E-state index in [-0.39, 0.29) is 5.91 Å². The smallest absolute Gasteiger partial charge is 0.234 e. The Labute approximate surface area is 145 Å². The van der Waals surface area contributed by atoms with Crippen LogP contribution in [0.4, 0.5) is 0 Å². The minimum Gasteiger partial charge on any atom is -0.493 e. The fourth-order valence-electron chi connectivity index (χ4n) is 2.42. The molecule has 0 bridgehead atoms. The molecule has 1 aromatic carbocycles. The van der Waals surface area contributed by atoms with E-state index in [4.69, 9.17) is 9.47 Å². The van der Waals surface area contributed by atoms with Gasteiger partial charge in [0.2, 0.25) is 5.91 Å². The average Bonchev–Trinajstić information content (AvgIpc) is 2.62. The molecule has 0 saturated carbocycles. The van der Waals surface area contributed by atoms with E-state index < -0.39 is 0 Å². The number of carbonyl (C=O) groups is 1. The monoisotopic (exact) mass is 337 g/mol. The van der Waals surface area contributed by atoms with Crippen LogP contribution in [0.1, 0.15) is 25.8 Å². The highest BCUT2D eigenvalue weighted by Gasteiger charge is 2.06. The van der Waals surface area contributed by atoms with Crippen LogP contribution < -0.4 is 20.1 Å². The number of carbonyl (C=O) groups excluding carboxylic acids is 1. The van der Waals surface area contributed by atoms with Crippen molar-refractivity contribution in [1.29, 1.82) is 0 Å². The van der Waals surface area contributed by atoms with Crippen LogP contribution in [0.5, 0.6) is 11.5 Å². The molecule has 1 aromatic rings. The SMILES string of the molecule is CCN(CC)CCCNCC(=O)NCc1ccc(OC)c(OC)c1. The topological polar surface area (TPSA) is 62.8 Å². The first-order chi connectivity index (χ1) is 11.6. The molecule has 136 valence electrons. The fourth-order valence-corrected chi connectivity index (χ4v) is 2.42. The lowest BCUT2D eigenvalue weighted by atomic mass is 10.2. The molecule has 0 aromatic heterocycles. The highest BCUT2D eigenvalue weighted by atomic mass is 16.5. The maximum Gasteiger partial charge on any atom is 0.234 e. The minimum atomic E-state index is -0.00683. The Balaban J connectivity index is 2.24. The molecule has 0 aliphatic heterocycles. The maximum absolute atomic E-state index is 11.9. The molecule has 0 radical (unpaired) electrons. The van der Waals surface area contributed by atoms with Crippen LogP contribution in [0.2, 0.25) is 0 Å². The van der Waals surface area contributed by atoms with Crippen molar-refractivity contribution >= 4 is 5.91 Å². The zero-order valence-electron chi connectivity index (χ0n) is 15.4. The van der Waals surface area contributed by atoms with Crippen molar-refractivity contribution in [3.05, 3.63) is 23.8 Å². The van der Waals surface area contributed by atoms with Gasteiger partial charge >= 0.3 is 0 Å². The summed E-state index contributed by atoms with van der Waals surface area (Å²) in [5.74, 6) is 1.34. The second-order valence-corrected chi connectivity index (χ2v) is 5.52. The molecule has 1 rings (SSSR count). The summed E-state index contributed by atoms with van der Waals surface area (Å²) < 4.78 is 10.5. The van der Waals surface area contributed by atoms with Gasteiger partial charge in [0.1, 0.15) is 0 Å². The van der Waals surface area contributed by atoms with Crippen LogP contribution in [-0.2, 0) is 11.3 Å². The standard InChI is InChI=1S/C18H31N3O3/c1-5-21(6-2)11-7-10-19-14-18(22)20-13-15-8-9-16(23-3)17(12-15)24-4/h8-9,12,19H,5-7,10-11,13-14H2,1-4H3,(H,20,22). The van der Waals surface area contributed by atoms with Crippen molar-refractivity contribution in [2.45, 2.75) is 26.8 Å². The number of hydrogen-bond donors (Lipinski definition) is 2. The van der Waals surface area contributed by atoms with Crippen LogP contribution in [0, 0.1) is 0 Å². The lowest BCUT2D eigenvalue weighted by Gasteiger charge is -2.17. The van der Waals surface area contributed by atoms with Gasteiger partial charge in [0.25, 0.3) is 0 Å². The summed E-state index contributed by atoms with van der Waals surface area (Å²) >= 11 is 0. The molecule has 0 aliphatic carbocycles. The molecule has 0 saturated heterocycles. The minimum absolute atomic E-state index is 0.00683. The van der Waals surface area contributed by atoms with Crippen LogP contribution in [0.15, 0.2) is 18.2 Å². The van der Waals surface area contributed by atoms with E-state index in [0.29, 0.717) is 24.6 Å². The lowest BCUT2D eigenvalue weighted by Crippen LogP contribution is -2.35. The molecule has 0 heterocycles. The first-order valence-corrected chi connectivity index (χ1v) is 8.55. The number of amides is 1. The molecule has 6 heteroatoms. The van der Waals surface area contributed by atoms with Gasteiger partial charge in [-0.3, -0.25) is 4.79 Å². The third-order valence-corrected chi connectivity index (χ3v) is 3.95. The molecule has 0 aliphatic rings. The van der Waals surface area contributed by atoms with Gasteiger partial charge in [-0.05, 0) is 50.3 Å². The van der Waals surface area contributed by atoms with Gasteiger partial charge in [-0.25, -0.2) is 0 Å². The van der Waals surface area contributed by atoms with Gasteiger partial charge in [-0.2, -0.15) is 0 Å². The number of rotatable bonds is 12. The van der Waals surface area contributed by atoms with Crippen molar-refractivity contribution in [3.63, 3.8) is 0 Å². The summed E-state index contributed by atoms with van der Waals surface area (Å²) in [5.41, 5.74) is 0.975. The molecule has 0 fully saturated rings. The third kappa shape index (κ3) is 7.19. The van der Waals surface area contributed by atoms with Gasteiger partial charge in [-0.15, -0.1) is 0 Å². The Morgan fingerprint density at radius 3 is 2.46 bits per heavy atom. The van der Waals surface area contributed by atoms with Crippen LogP contribution in [0.25, 0.3) is 0 Å². The largest absolute Gasteiger partial charge is 0.493 e. The Bertz CT molecular complexity index is 490.